The van der Waals surface area contributed by atoms with Crippen LogP contribution >= 0.6 is 0 Å². The minimum atomic E-state index is -0.739. The van der Waals surface area contributed by atoms with Crippen LogP contribution in [0.15, 0.2) is 11.6 Å². The molecule has 0 saturated heterocycles. The van der Waals surface area contributed by atoms with E-state index in [0.29, 0.717) is 11.8 Å². The zero-order chi connectivity index (χ0) is 24.6. The molecule has 0 unspecified atom stereocenters. The van der Waals surface area contributed by atoms with Crippen molar-refractivity contribution in [2.75, 3.05) is 0 Å². The zero-order valence-electron chi connectivity index (χ0n) is 22.7. The van der Waals surface area contributed by atoms with Crippen LogP contribution in [0.25, 0.3) is 0 Å². The van der Waals surface area contributed by atoms with Gasteiger partial charge < -0.3 is 15.3 Å². The van der Waals surface area contributed by atoms with Gasteiger partial charge in [0, 0.05) is 0 Å². The Morgan fingerprint density at radius 2 is 1.55 bits per heavy atom. The largest absolute Gasteiger partial charge is 0.393 e. The Hall–Kier alpha value is -0.380. The molecule has 4 fully saturated rings. The van der Waals surface area contributed by atoms with Crippen LogP contribution in [0, 0.1) is 45.3 Å². The molecule has 4 rings (SSSR count). The molecule has 0 bridgehead atoms. The molecule has 0 amide bonds. The Bertz CT molecular complexity index is 779. The lowest BCUT2D eigenvalue weighted by molar-refractivity contribution is -0.246. The SMILES string of the molecule is CC(C)=CCC[C@](C)(O)[C@@H]1CC[C@]2(C)[C@@H]1[C@H](O)C[C@@H]1[C@]3(C)CC[C@H](O)C(C)(C)[C@H]3CC[C@@]12C. The summed E-state index contributed by atoms with van der Waals surface area (Å²) in [7, 11) is 0. The van der Waals surface area contributed by atoms with Crippen LogP contribution in [0.3, 0.4) is 0 Å². The normalized spacial score (nSPS) is 50.5. The number of rotatable bonds is 4. The summed E-state index contributed by atoms with van der Waals surface area (Å²) in [4.78, 5) is 0. The lowest BCUT2D eigenvalue weighted by atomic mass is 9.35. The molecule has 4 aliphatic rings. The van der Waals surface area contributed by atoms with E-state index in [4.69, 9.17) is 0 Å². The van der Waals surface area contributed by atoms with Gasteiger partial charge in [0.2, 0.25) is 0 Å². The molecule has 3 heteroatoms. The van der Waals surface area contributed by atoms with Crippen LogP contribution in [0.1, 0.15) is 113 Å². The number of fused-ring (bicyclic) bond motifs is 5. The zero-order valence-corrected chi connectivity index (χ0v) is 22.7. The van der Waals surface area contributed by atoms with E-state index in [1.807, 2.05) is 6.92 Å². The van der Waals surface area contributed by atoms with E-state index in [2.05, 4.69) is 54.5 Å². The van der Waals surface area contributed by atoms with Gasteiger partial charge >= 0.3 is 0 Å². The number of hydrogen-bond acceptors (Lipinski definition) is 3. The van der Waals surface area contributed by atoms with Gasteiger partial charge in [-0.2, -0.15) is 0 Å². The lowest BCUT2D eigenvalue weighted by Gasteiger charge is -2.70. The van der Waals surface area contributed by atoms with Gasteiger partial charge in [-0.15, -0.1) is 0 Å². The summed E-state index contributed by atoms with van der Waals surface area (Å²) in [6.07, 6.45) is 10.6. The van der Waals surface area contributed by atoms with E-state index >= 15 is 0 Å². The molecule has 3 nitrogen and oxygen atoms in total. The summed E-state index contributed by atoms with van der Waals surface area (Å²) in [5.41, 5.74) is 0.885. The molecule has 4 aliphatic carbocycles. The second kappa shape index (κ2) is 8.07. The molecule has 4 saturated carbocycles. The fourth-order valence-electron chi connectivity index (χ4n) is 10.3. The molecular weight excluding hydrogens is 408 g/mol. The summed E-state index contributed by atoms with van der Waals surface area (Å²) in [5.74, 6) is 1.31. The standard InChI is InChI=1S/C30H52O3/c1-19(2)10-9-14-30(8,33)20-11-16-29(7)25(20)21(31)18-23-27(5)15-13-24(32)26(3,4)22(27)12-17-28(23,29)6/h10,20-25,31-33H,9,11-18H2,1-8H3/t20-,21-,22-,23-,24+,25+,27-,28+,29-,30+/m1/s1. The third kappa shape index (κ3) is 3.61. The molecule has 0 aromatic heterocycles. The van der Waals surface area contributed by atoms with Crippen LogP contribution in [0.2, 0.25) is 0 Å². The Morgan fingerprint density at radius 1 is 0.909 bits per heavy atom. The van der Waals surface area contributed by atoms with Crippen molar-refractivity contribution in [3.63, 3.8) is 0 Å². The maximum absolute atomic E-state index is 11.8. The third-order valence-corrected chi connectivity index (χ3v) is 12.4. The first-order valence-corrected chi connectivity index (χ1v) is 13.8. The van der Waals surface area contributed by atoms with Crippen molar-refractivity contribution in [2.24, 2.45) is 45.3 Å². The fourth-order valence-corrected chi connectivity index (χ4v) is 10.3. The van der Waals surface area contributed by atoms with E-state index in [9.17, 15) is 15.3 Å². The first-order chi connectivity index (χ1) is 15.1. The van der Waals surface area contributed by atoms with Crippen molar-refractivity contribution in [1.82, 2.24) is 0 Å². The van der Waals surface area contributed by atoms with Gasteiger partial charge in [-0.3, -0.25) is 0 Å². The van der Waals surface area contributed by atoms with Gasteiger partial charge in [0.15, 0.2) is 0 Å². The van der Waals surface area contributed by atoms with Crippen molar-refractivity contribution in [1.29, 1.82) is 0 Å². The molecule has 0 aromatic rings. The summed E-state index contributed by atoms with van der Waals surface area (Å²) in [6, 6.07) is 0. The second-order valence-corrected chi connectivity index (χ2v) is 14.5. The molecule has 10 atom stereocenters. The number of allylic oxidation sites excluding steroid dienone is 2. The van der Waals surface area contributed by atoms with Crippen molar-refractivity contribution < 1.29 is 15.3 Å². The summed E-state index contributed by atoms with van der Waals surface area (Å²) in [6.45, 7) is 18.3. The fraction of sp³-hybridized carbons (Fsp3) is 0.933. The van der Waals surface area contributed by atoms with Crippen LogP contribution in [0.5, 0.6) is 0 Å². The summed E-state index contributed by atoms with van der Waals surface area (Å²) in [5, 5.41) is 34.3. The average Bonchev–Trinajstić information content (AvgIpc) is 3.08. The summed E-state index contributed by atoms with van der Waals surface area (Å²) >= 11 is 0. The predicted molar refractivity (Wildman–Crippen MR) is 136 cm³/mol. The third-order valence-electron chi connectivity index (χ3n) is 12.4. The van der Waals surface area contributed by atoms with E-state index in [1.54, 1.807) is 0 Å². The van der Waals surface area contributed by atoms with Gasteiger partial charge in [0.25, 0.3) is 0 Å². The highest BCUT2D eigenvalue weighted by Crippen LogP contribution is 2.75. The highest BCUT2D eigenvalue weighted by atomic mass is 16.3. The average molecular weight is 461 g/mol. The van der Waals surface area contributed by atoms with Crippen LogP contribution in [0.4, 0.5) is 0 Å². The van der Waals surface area contributed by atoms with Crippen LogP contribution in [-0.4, -0.2) is 33.1 Å². The molecule has 3 N–H and O–H groups in total. The first kappa shape index (κ1) is 25.7. The maximum atomic E-state index is 11.8. The van der Waals surface area contributed by atoms with E-state index in [-0.39, 0.29) is 45.7 Å². The predicted octanol–water partition coefficient (Wildman–Crippen LogP) is 6.50. The van der Waals surface area contributed by atoms with Crippen LogP contribution in [-0.2, 0) is 0 Å². The molecule has 0 spiro atoms. The van der Waals surface area contributed by atoms with Crippen molar-refractivity contribution in [3.8, 4) is 0 Å². The Morgan fingerprint density at radius 3 is 2.18 bits per heavy atom. The molecule has 0 heterocycles. The molecule has 0 aromatic carbocycles. The minimum Gasteiger partial charge on any atom is -0.393 e. The molecular formula is C30H52O3. The molecule has 0 radical (unpaired) electrons. The van der Waals surface area contributed by atoms with Crippen molar-refractivity contribution in [2.45, 2.75) is 131 Å². The quantitative estimate of drug-likeness (QED) is 0.420. The van der Waals surface area contributed by atoms with Gasteiger partial charge in [0.05, 0.1) is 17.8 Å². The molecule has 33 heavy (non-hydrogen) atoms. The Labute approximate surface area is 203 Å². The molecule has 0 aliphatic heterocycles. The number of hydrogen-bond donors (Lipinski definition) is 3. The van der Waals surface area contributed by atoms with Crippen molar-refractivity contribution >= 4 is 0 Å². The topological polar surface area (TPSA) is 60.7 Å². The highest BCUT2D eigenvalue weighted by Gasteiger charge is 2.71. The monoisotopic (exact) mass is 460 g/mol. The Kier molecular flexibility index (Phi) is 6.28. The smallest absolute Gasteiger partial charge is 0.0654 e. The number of aliphatic hydroxyl groups excluding tert-OH is 2. The van der Waals surface area contributed by atoms with Gasteiger partial charge in [-0.05, 0) is 124 Å². The number of aliphatic hydroxyl groups is 3. The molecule has 190 valence electrons. The van der Waals surface area contributed by atoms with E-state index in [0.717, 1.165) is 44.9 Å². The first-order valence-electron chi connectivity index (χ1n) is 13.8. The highest BCUT2D eigenvalue weighted by molar-refractivity contribution is 5.20. The Balaban J connectivity index is 1.66. The van der Waals surface area contributed by atoms with E-state index < -0.39 is 5.60 Å². The minimum absolute atomic E-state index is 0.0503. The van der Waals surface area contributed by atoms with Gasteiger partial charge in [-0.25, -0.2) is 0 Å². The second-order valence-electron chi connectivity index (χ2n) is 14.5. The lowest BCUT2D eigenvalue weighted by Crippen LogP contribution is -2.66. The summed E-state index contributed by atoms with van der Waals surface area (Å²) < 4.78 is 0. The maximum Gasteiger partial charge on any atom is 0.0654 e. The van der Waals surface area contributed by atoms with E-state index in [1.165, 1.54) is 18.4 Å². The van der Waals surface area contributed by atoms with Crippen LogP contribution < -0.4 is 0 Å². The van der Waals surface area contributed by atoms with Gasteiger partial charge in [0.1, 0.15) is 0 Å². The van der Waals surface area contributed by atoms with Crippen molar-refractivity contribution in [3.05, 3.63) is 11.6 Å². The van der Waals surface area contributed by atoms with Gasteiger partial charge in [-0.1, -0.05) is 46.3 Å².